The van der Waals surface area contributed by atoms with Gasteiger partial charge in [-0.15, -0.1) is 0 Å². The van der Waals surface area contributed by atoms with Gasteiger partial charge in [0.05, 0.1) is 22.5 Å². The first-order chi connectivity index (χ1) is 14.2. The number of rotatable bonds is 4. The van der Waals surface area contributed by atoms with Crippen molar-refractivity contribution < 1.29 is 4.39 Å². The molecule has 1 aliphatic rings. The average Bonchev–Trinajstić information content (AvgIpc) is 3.37. The first kappa shape index (κ1) is 17.9. The first-order valence-corrected chi connectivity index (χ1v) is 10.1. The zero-order valence-electron chi connectivity index (χ0n) is 15.6. The standard InChI is InChI=1S/C21H19FN6S/c22-14-7-5-13(6-8-14)19-18(17-10-12-24-21(29)28(17)27-19)16-9-11-23-20(26-16)25-15-3-1-2-4-15/h5-12,15,27H,1-4H2,(H,23,25,26). The number of nitrogens with zero attached hydrogens (tertiary/aromatic N) is 4. The van der Waals surface area contributed by atoms with E-state index in [4.69, 9.17) is 17.2 Å². The van der Waals surface area contributed by atoms with Crippen LogP contribution in [0.5, 0.6) is 0 Å². The van der Waals surface area contributed by atoms with E-state index in [1.54, 1.807) is 29.0 Å². The molecule has 1 saturated carbocycles. The highest BCUT2D eigenvalue weighted by molar-refractivity contribution is 7.71. The van der Waals surface area contributed by atoms with Gasteiger partial charge in [0.1, 0.15) is 5.82 Å². The molecule has 1 fully saturated rings. The van der Waals surface area contributed by atoms with Crippen molar-refractivity contribution in [2.75, 3.05) is 5.32 Å². The number of halogens is 1. The monoisotopic (exact) mass is 406 g/mol. The third kappa shape index (κ3) is 3.40. The van der Waals surface area contributed by atoms with E-state index in [9.17, 15) is 4.39 Å². The maximum Gasteiger partial charge on any atom is 0.223 e. The SMILES string of the molecule is Fc1ccc(-c2[nH]n3c(=S)nccc3c2-c2ccnc(NC3CCCC3)n2)cc1. The van der Waals surface area contributed by atoms with Gasteiger partial charge in [0.25, 0.3) is 0 Å². The Labute approximate surface area is 171 Å². The molecule has 0 aliphatic heterocycles. The highest BCUT2D eigenvalue weighted by Gasteiger charge is 2.19. The number of hydrogen-bond donors (Lipinski definition) is 2. The van der Waals surface area contributed by atoms with Crippen molar-refractivity contribution in [1.82, 2.24) is 24.6 Å². The molecule has 0 bridgehead atoms. The van der Waals surface area contributed by atoms with Crippen molar-refractivity contribution in [3.8, 4) is 22.5 Å². The smallest absolute Gasteiger partial charge is 0.223 e. The summed E-state index contributed by atoms with van der Waals surface area (Å²) in [6.07, 6.45) is 8.19. The van der Waals surface area contributed by atoms with Crippen molar-refractivity contribution in [3.63, 3.8) is 0 Å². The summed E-state index contributed by atoms with van der Waals surface area (Å²) < 4.78 is 15.6. The van der Waals surface area contributed by atoms with Gasteiger partial charge in [0.2, 0.25) is 10.7 Å². The molecule has 6 nitrogen and oxygen atoms in total. The normalized spacial score (nSPS) is 14.5. The van der Waals surface area contributed by atoms with E-state index >= 15 is 0 Å². The summed E-state index contributed by atoms with van der Waals surface area (Å²) in [5.74, 6) is 0.334. The number of fused-ring (bicyclic) bond motifs is 1. The summed E-state index contributed by atoms with van der Waals surface area (Å²) >= 11 is 5.38. The summed E-state index contributed by atoms with van der Waals surface area (Å²) in [6.45, 7) is 0. The van der Waals surface area contributed by atoms with Crippen molar-refractivity contribution in [1.29, 1.82) is 0 Å². The van der Waals surface area contributed by atoms with E-state index in [2.05, 4.69) is 20.4 Å². The molecular weight excluding hydrogens is 387 g/mol. The second-order valence-electron chi connectivity index (χ2n) is 7.21. The molecule has 0 radical (unpaired) electrons. The molecule has 0 spiro atoms. The Hall–Kier alpha value is -3.13. The quantitative estimate of drug-likeness (QED) is 0.466. The van der Waals surface area contributed by atoms with Crippen LogP contribution in [0.1, 0.15) is 25.7 Å². The zero-order valence-corrected chi connectivity index (χ0v) is 16.4. The molecule has 1 aromatic carbocycles. The molecule has 146 valence electrons. The maximum absolute atomic E-state index is 13.5. The highest BCUT2D eigenvalue weighted by Crippen LogP contribution is 2.34. The van der Waals surface area contributed by atoms with Gasteiger partial charge in [-0.3, -0.25) is 5.10 Å². The second-order valence-corrected chi connectivity index (χ2v) is 7.57. The molecule has 0 amide bonds. The van der Waals surface area contributed by atoms with Gasteiger partial charge in [-0.25, -0.2) is 23.9 Å². The van der Waals surface area contributed by atoms with E-state index in [-0.39, 0.29) is 5.82 Å². The number of benzene rings is 1. The molecule has 5 rings (SSSR count). The number of nitrogens with one attached hydrogen (secondary N) is 2. The lowest BCUT2D eigenvalue weighted by Crippen LogP contribution is -2.16. The topological polar surface area (TPSA) is 70.9 Å². The second kappa shape index (κ2) is 7.36. The van der Waals surface area contributed by atoms with E-state index in [1.165, 1.54) is 25.0 Å². The molecule has 2 N–H and O–H groups in total. The van der Waals surface area contributed by atoms with Crippen LogP contribution in [-0.2, 0) is 0 Å². The Morgan fingerprint density at radius 3 is 2.59 bits per heavy atom. The van der Waals surface area contributed by atoms with Gasteiger partial charge in [-0.1, -0.05) is 12.8 Å². The molecule has 1 aliphatic carbocycles. The average molecular weight is 406 g/mol. The summed E-state index contributed by atoms with van der Waals surface area (Å²) in [5, 5.41) is 6.75. The van der Waals surface area contributed by atoms with Crippen LogP contribution in [0.15, 0.2) is 48.8 Å². The fraction of sp³-hybridized carbons (Fsp3) is 0.238. The fourth-order valence-corrected chi connectivity index (χ4v) is 4.12. The minimum Gasteiger partial charge on any atom is -0.351 e. The van der Waals surface area contributed by atoms with Crippen LogP contribution >= 0.6 is 12.2 Å². The number of hydrogen-bond acceptors (Lipinski definition) is 5. The number of H-pyrrole nitrogens is 1. The van der Waals surface area contributed by atoms with Gasteiger partial charge in [0.15, 0.2) is 0 Å². The fourth-order valence-electron chi connectivity index (χ4n) is 3.91. The largest absolute Gasteiger partial charge is 0.351 e. The minimum atomic E-state index is -0.283. The van der Waals surface area contributed by atoms with E-state index in [0.29, 0.717) is 16.8 Å². The van der Waals surface area contributed by atoms with Crippen LogP contribution in [0.3, 0.4) is 0 Å². The predicted molar refractivity (Wildman–Crippen MR) is 113 cm³/mol. The lowest BCUT2D eigenvalue weighted by molar-refractivity contribution is 0.628. The van der Waals surface area contributed by atoms with Crippen molar-refractivity contribution in [2.45, 2.75) is 31.7 Å². The molecule has 0 saturated heterocycles. The molecule has 3 heterocycles. The molecule has 0 unspecified atom stereocenters. The summed E-state index contributed by atoms with van der Waals surface area (Å²) in [4.78, 5) is 13.4. The maximum atomic E-state index is 13.5. The number of aromatic amines is 1. The van der Waals surface area contributed by atoms with Crippen molar-refractivity contribution in [3.05, 3.63) is 59.4 Å². The third-order valence-electron chi connectivity index (χ3n) is 5.31. The predicted octanol–water partition coefficient (Wildman–Crippen LogP) is 5.01. The zero-order chi connectivity index (χ0) is 19.8. The van der Waals surface area contributed by atoms with E-state index in [0.717, 1.165) is 40.9 Å². The molecular formula is C21H19FN6S. The molecule has 0 atom stereocenters. The summed E-state index contributed by atoms with van der Waals surface area (Å²) in [6, 6.07) is 10.5. The minimum absolute atomic E-state index is 0.283. The Morgan fingerprint density at radius 1 is 1.03 bits per heavy atom. The van der Waals surface area contributed by atoms with Gasteiger partial charge in [-0.2, -0.15) is 0 Å². The lowest BCUT2D eigenvalue weighted by atomic mass is 10.0. The van der Waals surface area contributed by atoms with Gasteiger partial charge in [-0.05, 0) is 61.5 Å². The van der Waals surface area contributed by atoms with Crippen LogP contribution < -0.4 is 5.32 Å². The Bertz CT molecular complexity index is 1220. The van der Waals surface area contributed by atoms with Gasteiger partial charge >= 0.3 is 0 Å². The van der Waals surface area contributed by atoms with E-state index in [1.807, 2.05) is 12.1 Å². The molecule has 4 aromatic rings. The lowest BCUT2D eigenvalue weighted by Gasteiger charge is -2.12. The van der Waals surface area contributed by atoms with Crippen LogP contribution in [0.25, 0.3) is 28.0 Å². The van der Waals surface area contributed by atoms with Crippen LogP contribution in [0.4, 0.5) is 10.3 Å². The highest BCUT2D eigenvalue weighted by atomic mass is 32.1. The van der Waals surface area contributed by atoms with Gasteiger partial charge < -0.3 is 5.32 Å². The van der Waals surface area contributed by atoms with E-state index < -0.39 is 0 Å². The molecule has 8 heteroatoms. The number of anilines is 1. The molecule has 3 aromatic heterocycles. The Kier molecular flexibility index (Phi) is 4.55. The van der Waals surface area contributed by atoms with Gasteiger partial charge in [0, 0.05) is 24.0 Å². The molecule has 29 heavy (non-hydrogen) atoms. The van der Waals surface area contributed by atoms with Crippen LogP contribution in [0.2, 0.25) is 0 Å². The number of aromatic nitrogens is 5. The summed E-state index contributed by atoms with van der Waals surface area (Å²) in [7, 11) is 0. The van der Waals surface area contributed by atoms with Crippen molar-refractivity contribution in [2.24, 2.45) is 0 Å². The summed E-state index contributed by atoms with van der Waals surface area (Å²) in [5.41, 5.74) is 4.13. The Morgan fingerprint density at radius 2 is 1.79 bits per heavy atom. The Balaban J connectivity index is 1.67. The van der Waals surface area contributed by atoms with Crippen LogP contribution in [-0.4, -0.2) is 30.6 Å². The third-order valence-corrected chi connectivity index (χ3v) is 5.60. The van der Waals surface area contributed by atoms with Crippen molar-refractivity contribution >= 4 is 23.7 Å². The van der Waals surface area contributed by atoms with Crippen LogP contribution in [0, 0.1) is 10.6 Å². The first-order valence-electron chi connectivity index (χ1n) is 9.65.